The molecule has 0 heterocycles. The van der Waals surface area contributed by atoms with E-state index < -0.39 is 24.6 Å². The summed E-state index contributed by atoms with van der Waals surface area (Å²) in [5, 5.41) is 0. The lowest BCUT2D eigenvalue weighted by Crippen LogP contribution is -2.47. The van der Waals surface area contributed by atoms with Crippen LogP contribution in [0.25, 0.3) is 0 Å². The first-order valence-corrected chi connectivity index (χ1v) is 12.6. The topological polar surface area (TPSA) is 9.23 Å². The van der Waals surface area contributed by atoms with Gasteiger partial charge in [0.05, 0.1) is 6.10 Å². The summed E-state index contributed by atoms with van der Waals surface area (Å²) < 4.78 is 50.4. The van der Waals surface area contributed by atoms with Gasteiger partial charge in [0.25, 0.3) is 0 Å². The minimum atomic E-state index is -1.55. The van der Waals surface area contributed by atoms with Crippen LogP contribution in [0, 0.1) is 29.6 Å². The Balaban J connectivity index is 1.46. The Bertz CT molecular complexity index is 465. The zero-order valence-corrected chi connectivity index (χ0v) is 18.6. The Morgan fingerprint density at radius 2 is 1.41 bits per heavy atom. The largest absolute Gasteiger partial charge is 0.375 e. The monoisotopic (exact) mass is 416 g/mol. The van der Waals surface area contributed by atoms with Crippen molar-refractivity contribution in [2.45, 2.75) is 122 Å². The summed E-state index contributed by atoms with van der Waals surface area (Å²) in [7, 11) is 0. The molecule has 170 valence electrons. The van der Waals surface area contributed by atoms with Crippen molar-refractivity contribution in [1.82, 2.24) is 0 Å². The quantitative estimate of drug-likeness (QED) is 0.370. The Morgan fingerprint density at radius 1 is 0.724 bits per heavy atom. The molecular weight excluding hydrogens is 373 g/mol. The number of ether oxygens (including phenoxy) is 1. The average Bonchev–Trinajstić information content (AvgIpc) is 2.74. The highest BCUT2D eigenvalue weighted by Crippen LogP contribution is 2.47. The molecule has 0 saturated heterocycles. The fraction of sp³-hybridized carbons (Fsp3) is 1.00. The fourth-order valence-electron chi connectivity index (χ4n) is 6.49. The van der Waals surface area contributed by atoms with Crippen molar-refractivity contribution in [3.8, 4) is 0 Å². The van der Waals surface area contributed by atoms with E-state index in [-0.39, 0.29) is 17.8 Å². The number of rotatable bonds is 8. The smallest absolute Gasteiger partial charge is 0.157 e. The molecule has 3 rings (SSSR count). The second-order valence-corrected chi connectivity index (χ2v) is 10.2. The lowest BCUT2D eigenvalue weighted by atomic mass is 9.64. The third-order valence-corrected chi connectivity index (χ3v) is 8.48. The van der Waals surface area contributed by atoms with Gasteiger partial charge in [-0.3, -0.25) is 0 Å². The van der Waals surface area contributed by atoms with Gasteiger partial charge in [-0.05, 0) is 81.0 Å². The molecule has 1 nitrogen and oxygen atoms in total. The summed E-state index contributed by atoms with van der Waals surface area (Å²) >= 11 is 0. The molecule has 0 aliphatic heterocycles. The molecule has 3 fully saturated rings. The molecule has 0 radical (unpaired) electrons. The average molecular weight is 417 g/mol. The van der Waals surface area contributed by atoms with Crippen LogP contribution in [0.15, 0.2) is 0 Å². The van der Waals surface area contributed by atoms with Gasteiger partial charge in [-0.1, -0.05) is 46.0 Å². The third-order valence-electron chi connectivity index (χ3n) is 8.48. The van der Waals surface area contributed by atoms with Crippen LogP contribution in [0.2, 0.25) is 0 Å². The van der Waals surface area contributed by atoms with E-state index in [9.17, 15) is 8.78 Å². The number of hydrogen-bond donors (Lipinski definition) is 0. The van der Waals surface area contributed by atoms with E-state index in [2.05, 4.69) is 13.8 Å². The van der Waals surface area contributed by atoms with Crippen LogP contribution >= 0.6 is 0 Å². The zero-order chi connectivity index (χ0) is 20.8. The Morgan fingerprint density at radius 3 is 2.07 bits per heavy atom. The van der Waals surface area contributed by atoms with Crippen LogP contribution in [-0.2, 0) is 4.74 Å². The van der Waals surface area contributed by atoms with E-state index in [4.69, 9.17) is 4.74 Å². The van der Waals surface area contributed by atoms with E-state index in [0.717, 1.165) is 50.9 Å². The maximum absolute atomic E-state index is 15.1. The van der Waals surface area contributed by atoms with Crippen LogP contribution in [0.4, 0.5) is 13.2 Å². The highest BCUT2D eigenvalue weighted by molar-refractivity contribution is 4.96. The van der Waals surface area contributed by atoms with Crippen LogP contribution in [0.1, 0.15) is 97.3 Å². The maximum Gasteiger partial charge on any atom is 0.157 e. The predicted molar refractivity (Wildman–Crippen MR) is 113 cm³/mol. The van der Waals surface area contributed by atoms with Gasteiger partial charge in [0.1, 0.15) is 12.3 Å². The first kappa shape index (κ1) is 23.4. The second-order valence-electron chi connectivity index (χ2n) is 10.2. The Hall–Kier alpha value is -0.250. The van der Waals surface area contributed by atoms with Gasteiger partial charge in [-0.15, -0.1) is 0 Å². The van der Waals surface area contributed by atoms with E-state index in [1.165, 1.54) is 19.3 Å². The van der Waals surface area contributed by atoms with Crippen LogP contribution < -0.4 is 0 Å². The summed E-state index contributed by atoms with van der Waals surface area (Å²) in [6, 6.07) is 0. The molecule has 0 amide bonds. The molecule has 3 aliphatic rings. The molecule has 29 heavy (non-hydrogen) atoms. The normalized spacial score (nSPS) is 44.0. The summed E-state index contributed by atoms with van der Waals surface area (Å²) in [6.07, 6.45) is 8.04. The molecule has 0 aromatic heterocycles. The molecule has 0 aromatic rings. The highest BCUT2D eigenvalue weighted by atomic mass is 19.2. The fourth-order valence-corrected chi connectivity index (χ4v) is 6.49. The van der Waals surface area contributed by atoms with Gasteiger partial charge >= 0.3 is 0 Å². The predicted octanol–water partition coefficient (Wildman–Crippen LogP) is 7.62. The standard InChI is InChI=1S/C25H43F3O/c1-3-5-6-15-29-23-14-13-21(24(27)25(23)28)19-11-12-20(22(26)16-19)18-9-7-17(4-2)8-10-18/h17-25H,3-16H2,1-2H3. The molecule has 4 heteroatoms. The molecule has 0 aromatic carbocycles. The van der Waals surface area contributed by atoms with Crippen molar-refractivity contribution in [2.24, 2.45) is 29.6 Å². The van der Waals surface area contributed by atoms with Crippen molar-refractivity contribution in [2.75, 3.05) is 6.61 Å². The molecule has 3 aliphatic carbocycles. The molecular formula is C25H43F3O. The number of alkyl halides is 3. The van der Waals surface area contributed by atoms with Crippen molar-refractivity contribution in [1.29, 1.82) is 0 Å². The van der Waals surface area contributed by atoms with Gasteiger partial charge in [0.2, 0.25) is 0 Å². The molecule has 0 bridgehead atoms. The van der Waals surface area contributed by atoms with Gasteiger partial charge < -0.3 is 4.74 Å². The first-order chi connectivity index (χ1) is 14.0. The second kappa shape index (κ2) is 11.4. The molecule has 0 N–H and O–H groups in total. The lowest BCUT2D eigenvalue weighted by molar-refractivity contribution is -0.0926. The number of halogens is 3. The summed E-state index contributed by atoms with van der Waals surface area (Å²) in [6.45, 7) is 4.89. The summed E-state index contributed by atoms with van der Waals surface area (Å²) in [5.41, 5.74) is 0. The van der Waals surface area contributed by atoms with E-state index >= 15 is 4.39 Å². The number of unbranched alkanes of at least 4 members (excludes halogenated alkanes) is 2. The lowest BCUT2D eigenvalue weighted by Gasteiger charge is -2.44. The van der Waals surface area contributed by atoms with Crippen molar-refractivity contribution >= 4 is 0 Å². The van der Waals surface area contributed by atoms with Gasteiger partial charge in [-0.25, -0.2) is 13.2 Å². The first-order valence-electron chi connectivity index (χ1n) is 12.6. The third kappa shape index (κ3) is 5.92. The minimum Gasteiger partial charge on any atom is -0.375 e. The van der Waals surface area contributed by atoms with E-state index in [0.29, 0.717) is 31.8 Å². The number of hydrogen-bond acceptors (Lipinski definition) is 1. The van der Waals surface area contributed by atoms with Gasteiger partial charge in [0, 0.05) is 6.61 Å². The summed E-state index contributed by atoms with van der Waals surface area (Å²) in [4.78, 5) is 0. The zero-order valence-electron chi connectivity index (χ0n) is 18.6. The molecule has 7 atom stereocenters. The van der Waals surface area contributed by atoms with Crippen LogP contribution in [0.5, 0.6) is 0 Å². The Labute approximate surface area is 176 Å². The van der Waals surface area contributed by atoms with Gasteiger partial charge in [-0.2, -0.15) is 0 Å². The van der Waals surface area contributed by atoms with Crippen molar-refractivity contribution in [3.05, 3.63) is 0 Å². The van der Waals surface area contributed by atoms with Crippen molar-refractivity contribution in [3.63, 3.8) is 0 Å². The highest BCUT2D eigenvalue weighted by Gasteiger charge is 2.47. The SMILES string of the molecule is CCCCCOC1CCC(C2CCC(C3CCC(CC)CC3)C(F)C2)C(F)C1F. The Kier molecular flexibility index (Phi) is 9.20. The van der Waals surface area contributed by atoms with Crippen molar-refractivity contribution < 1.29 is 17.9 Å². The van der Waals surface area contributed by atoms with E-state index in [1.807, 2.05) is 0 Å². The van der Waals surface area contributed by atoms with Crippen LogP contribution in [0.3, 0.4) is 0 Å². The van der Waals surface area contributed by atoms with E-state index in [1.54, 1.807) is 0 Å². The molecule has 3 saturated carbocycles. The molecule has 0 spiro atoms. The van der Waals surface area contributed by atoms with Crippen LogP contribution in [-0.4, -0.2) is 31.2 Å². The summed E-state index contributed by atoms with van der Waals surface area (Å²) in [5.74, 6) is 1.17. The molecule has 7 unspecified atom stereocenters. The van der Waals surface area contributed by atoms with Gasteiger partial charge in [0.15, 0.2) is 6.17 Å². The minimum absolute atomic E-state index is 0.00234. The maximum atomic E-state index is 15.1.